The third-order valence-corrected chi connectivity index (χ3v) is 4.87. The van der Waals surface area contributed by atoms with Crippen LogP contribution < -0.4 is 4.74 Å². The van der Waals surface area contributed by atoms with E-state index in [0.717, 1.165) is 32.1 Å². The summed E-state index contributed by atoms with van der Waals surface area (Å²) in [4.78, 5) is 24.7. The molecule has 154 valence electrons. The number of aliphatic carboxylic acids is 1. The van der Waals surface area contributed by atoms with Crippen molar-refractivity contribution in [1.29, 1.82) is 0 Å². The van der Waals surface area contributed by atoms with Gasteiger partial charge in [0.15, 0.2) is 0 Å². The summed E-state index contributed by atoms with van der Waals surface area (Å²) in [5, 5.41) is 18.8. The van der Waals surface area contributed by atoms with Crippen LogP contribution >= 0.6 is 0 Å². The normalized spacial score (nSPS) is 18.4. The summed E-state index contributed by atoms with van der Waals surface area (Å²) in [6.45, 7) is 0.849. The van der Waals surface area contributed by atoms with Crippen LogP contribution in [0, 0.1) is 0 Å². The fourth-order valence-corrected chi connectivity index (χ4v) is 3.36. The van der Waals surface area contributed by atoms with Gasteiger partial charge in [-0.15, -0.1) is 0 Å². The van der Waals surface area contributed by atoms with Gasteiger partial charge in [0.1, 0.15) is 18.5 Å². The van der Waals surface area contributed by atoms with Gasteiger partial charge in [-0.3, -0.25) is 9.59 Å². The van der Waals surface area contributed by atoms with Crippen LogP contribution in [0.4, 0.5) is 0 Å². The van der Waals surface area contributed by atoms with Crippen LogP contribution in [0.15, 0.2) is 42.5 Å². The fraction of sp³-hybridized carbons (Fsp3) is 0.545. The zero-order valence-corrected chi connectivity index (χ0v) is 16.3. The van der Waals surface area contributed by atoms with Crippen molar-refractivity contribution in [3.63, 3.8) is 0 Å². The summed E-state index contributed by atoms with van der Waals surface area (Å²) >= 11 is 0. The summed E-state index contributed by atoms with van der Waals surface area (Å²) in [7, 11) is 0. The van der Waals surface area contributed by atoms with Gasteiger partial charge in [-0.2, -0.15) is 0 Å². The van der Waals surface area contributed by atoms with E-state index >= 15 is 0 Å². The van der Waals surface area contributed by atoms with E-state index in [2.05, 4.69) is 0 Å². The number of nitrogens with zero attached hydrogens (tertiary/aromatic N) is 1. The molecule has 0 bridgehead atoms. The summed E-state index contributed by atoms with van der Waals surface area (Å²) in [5.41, 5.74) is 0. The number of benzene rings is 1. The summed E-state index contributed by atoms with van der Waals surface area (Å²) in [6, 6.07) is 9.36. The Morgan fingerprint density at radius 1 is 1.21 bits per heavy atom. The van der Waals surface area contributed by atoms with Gasteiger partial charge in [0, 0.05) is 19.4 Å². The number of aliphatic hydroxyl groups is 1. The van der Waals surface area contributed by atoms with Crippen LogP contribution in [0.1, 0.15) is 51.4 Å². The first kappa shape index (κ1) is 22.0. The van der Waals surface area contributed by atoms with Gasteiger partial charge in [-0.1, -0.05) is 43.2 Å². The Balaban J connectivity index is 1.75. The summed E-state index contributed by atoms with van der Waals surface area (Å²) in [5.74, 6) is 0.111. The highest BCUT2D eigenvalue weighted by atomic mass is 16.5. The van der Waals surface area contributed by atoms with Crippen molar-refractivity contribution in [2.75, 3.05) is 13.2 Å². The molecule has 0 saturated carbocycles. The number of amides is 1. The zero-order chi connectivity index (χ0) is 20.2. The molecule has 1 aromatic rings. The number of likely N-dealkylation sites (tertiary alicyclic amines) is 1. The van der Waals surface area contributed by atoms with Gasteiger partial charge < -0.3 is 19.8 Å². The maximum Gasteiger partial charge on any atom is 0.303 e. The molecule has 1 amide bonds. The van der Waals surface area contributed by atoms with E-state index < -0.39 is 12.1 Å². The second-order valence-corrected chi connectivity index (χ2v) is 7.18. The number of ether oxygens (including phenoxy) is 1. The first-order chi connectivity index (χ1) is 13.6. The molecule has 0 spiro atoms. The van der Waals surface area contributed by atoms with Crippen molar-refractivity contribution in [2.24, 2.45) is 0 Å². The van der Waals surface area contributed by atoms with Gasteiger partial charge in [-0.05, 0) is 37.8 Å². The number of unbranched alkanes of at least 4 members (excludes halogenated alkanes) is 3. The molecule has 28 heavy (non-hydrogen) atoms. The molecule has 2 N–H and O–H groups in total. The highest BCUT2D eigenvalue weighted by molar-refractivity contribution is 5.77. The Kier molecular flexibility index (Phi) is 9.55. The molecular weight excluding hydrogens is 358 g/mol. The molecule has 1 saturated heterocycles. The third-order valence-electron chi connectivity index (χ3n) is 4.87. The SMILES string of the molecule is O=C(O)CCCCCCN1C(=O)CCC[C@@H]1C=CC(O)COc1ccccc1. The topological polar surface area (TPSA) is 87.1 Å². The number of carbonyl (C=O) groups excluding carboxylic acids is 1. The average molecular weight is 389 g/mol. The molecule has 1 unspecified atom stereocenters. The smallest absolute Gasteiger partial charge is 0.303 e. The van der Waals surface area contributed by atoms with Crippen LogP contribution in [0.3, 0.4) is 0 Å². The lowest BCUT2D eigenvalue weighted by Crippen LogP contribution is -2.43. The van der Waals surface area contributed by atoms with Crippen molar-refractivity contribution in [2.45, 2.75) is 63.5 Å². The van der Waals surface area contributed by atoms with Crippen LogP contribution in [-0.2, 0) is 9.59 Å². The summed E-state index contributed by atoms with van der Waals surface area (Å²) in [6.07, 6.45) is 8.77. The molecule has 0 aromatic heterocycles. The number of carboxylic acid groups (broad SMARTS) is 1. The van der Waals surface area contributed by atoms with E-state index in [1.54, 1.807) is 6.08 Å². The Labute approximate surface area is 166 Å². The molecule has 6 heteroatoms. The van der Waals surface area contributed by atoms with Crippen LogP contribution in [0.2, 0.25) is 0 Å². The standard InChI is InChI=1S/C22H31NO5/c24-19(17-28-20-10-4-3-5-11-20)15-14-18-9-8-12-21(25)23(18)16-7-2-1-6-13-22(26)27/h3-5,10-11,14-15,18-19,24H,1-2,6-9,12-13,16-17H2,(H,26,27)/t18-,19?/m1/s1. The van der Waals surface area contributed by atoms with Gasteiger partial charge >= 0.3 is 5.97 Å². The van der Waals surface area contributed by atoms with E-state index in [0.29, 0.717) is 25.1 Å². The third kappa shape index (κ3) is 8.13. The Hall–Kier alpha value is -2.34. The first-order valence-electron chi connectivity index (χ1n) is 10.1. The van der Waals surface area contributed by atoms with Crippen molar-refractivity contribution in [3.05, 3.63) is 42.5 Å². The lowest BCUT2D eigenvalue weighted by Gasteiger charge is -2.34. The minimum Gasteiger partial charge on any atom is -0.491 e. The number of rotatable bonds is 12. The maximum absolute atomic E-state index is 12.3. The summed E-state index contributed by atoms with van der Waals surface area (Å²) < 4.78 is 5.55. The van der Waals surface area contributed by atoms with E-state index in [4.69, 9.17) is 9.84 Å². The molecule has 1 heterocycles. The Morgan fingerprint density at radius 3 is 2.71 bits per heavy atom. The first-order valence-corrected chi connectivity index (χ1v) is 10.1. The highest BCUT2D eigenvalue weighted by Crippen LogP contribution is 2.20. The van der Waals surface area contributed by atoms with Crippen molar-refractivity contribution in [3.8, 4) is 5.75 Å². The van der Waals surface area contributed by atoms with Crippen LogP contribution in [-0.4, -0.2) is 52.3 Å². The minimum atomic E-state index is -0.758. The van der Waals surface area contributed by atoms with E-state index in [-0.39, 0.29) is 25.0 Å². The van der Waals surface area contributed by atoms with E-state index in [9.17, 15) is 14.7 Å². The molecule has 1 aliphatic rings. The van der Waals surface area contributed by atoms with E-state index in [1.807, 2.05) is 41.3 Å². The minimum absolute atomic E-state index is 0.00615. The number of piperidine rings is 1. The molecule has 1 fully saturated rings. The number of para-hydroxylation sites is 1. The quantitative estimate of drug-likeness (QED) is 0.423. The molecule has 2 atom stereocenters. The predicted octanol–water partition coefficient (Wildman–Crippen LogP) is 3.40. The number of hydrogen-bond donors (Lipinski definition) is 2. The molecule has 2 rings (SSSR count). The predicted molar refractivity (Wildman–Crippen MR) is 107 cm³/mol. The van der Waals surface area contributed by atoms with Crippen molar-refractivity contribution >= 4 is 11.9 Å². The number of carboxylic acids is 1. The number of aliphatic hydroxyl groups excluding tert-OH is 1. The van der Waals surface area contributed by atoms with Crippen molar-refractivity contribution in [1.82, 2.24) is 4.90 Å². The number of carbonyl (C=O) groups is 2. The fourth-order valence-electron chi connectivity index (χ4n) is 3.36. The second-order valence-electron chi connectivity index (χ2n) is 7.18. The maximum atomic E-state index is 12.3. The monoisotopic (exact) mass is 389 g/mol. The molecule has 1 aliphatic heterocycles. The molecule has 6 nitrogen and oxygen atoms in total. The molecular formula is C22H31NO5. The Morgan fingerprint density at radius 2 is 1.96 bits per heavy atom. The average Bonchev–Trinajstić information content (AvgIpc) is 2.69. The van der Waals surface area contributed by atoms with Crippen LogP contribution in [0.5, 0.6) is 5.75 Å². The molecule has 1 aromatic carbocycles. The molecule has 0 aliphatic carbocycles. The van der Waals surface area contributed by atoms with Gasteiger partial charge in [0.2, 0.25) is 5.91 Å². The zero-order valence-electron chi connectivity index (χ0n) is 16.3. The molecule has 0 radical (unpaired) electrons. The number of hydrogen-bond acceptors (Lipinski definition) is 4. The largest absolute Gasteiger partial charge is 0.491 e. The lowest BCUT2D eigenvalue weighted by atomic mass is 9.99. The van der Waals surface area contributed by atoms with Gasteiger partial charge in [0.25, 0.3) is 0 Å². The highest BCUT2D eigenvalue weighted by Gasteiger charge is 2.25. The van der Waals surface area contributed by atoms with Crippen LogP contribution in [0.25, 0.3) is 0 Å². The lowest BCUT2D eigenvalue weighted by molar-refractivity contribution is -0.137. The second kappa shape index (κ2) is 12.2. The van der Waals surface area contributed by atoms with Gasteiger partial charge in [0.05, 0.1) is 6.04 Å². The Bertz CT molecular complexity index is 631. The van der Waals surface area contributed by atoms with Gasteiger partial charge in [-0.25, -0.2) is 0 Å². The van der Waals surface area contributed by atoms with E-state index in [1.165, 1.54) is 0 Å². The van der Waals surface area contributed by atoms with Crippen molar-refractivity contribution < 1.29 is 24.5 Å².